The number of methoxy groups -OCH3 is 1. The summed E-state index contributed by atoms with van der Waals surface area (Å²) in [6.45, 7) is 11.7. The highest BCUT2D eigenvalue weighted by Crippen LogP contribution is 2.31. The van der Waals surface area contributed by atoms with E-state index in [4.69, 9.17) is 9.47 Å². The molecule has 3 saturated heterocycles. The van der Waals surface area contributed by atoms with Crippen molar-refractivity contribution in [3.63, 3.8) is 0 Å². The van der Waals surface area contributed by atoms with E-state index in [2.05, 4.69) is 31.7 Å². The first-order valence-electron chi connectivity index (χ1n) is 13.5. The minimum Gasteiger partial charge on any atom is -0.497 e. The molecule has 0 aliphatic carbocycles. The van der Waals surface area contributed by atoms with Gasteiger partial charge in [0.15, 0.2) is 0 Å². The Balaban J connectivity index is 1.13. The summed E-state index contributed by atoms with van der Waals surface area (Å²) in [6, 6.07) is 5.73. The van der Waals surface area contributed by atoms with Gasteiger partial charge in [0.2, 0.25) is 10.0 Å². The van der Waals surface area contributed by atoms with Crippen LogP contribution in [0.15, 0.2) is 29.3 Å². The predicted octanol–water partition coefficient (Wildman–Crippen LogP) is 2.02. The number of likely N-dealkylation sites (tertiary alicyclic amines) is 1. The van der Waals surface area contributed by atoms with Gasteiger partial charge in [-0.25, -0.2) is 13.4 Å². The molecule has 0 radical (unpaired) electrons. The zero-order valence-electron chi connectivity index (χ0n) is 23.0. The quantitative estimate of drug-likeness (QED) is 0.495. The van der Waals surface area contributed by atoms with Crippen molar-refractivity contribution < 1.29 is 17.9 Å². The van der Waals surface area contributed by atoms with E-state index in [0.717, 1.165) is 37.9 Å². The van der Waals surface area contributed by atoms with Gasteiger partial charge in [0.05, 0.1) is 25.1 Å². The van der Waals surface area contributed by atoms with Crippen molar-refractivity contribution in [2.24, 2.45) is 5.92 Å². The van der Waals surface area contributed by atoms with Gasteiger partial charge >= 0.3 is 6.01 Å². The molecular weight excluding hydrogens is 504 g/mol. The molecule has 38 heavy (non-hydrogen) atoms. The molecular formula is C27H40N6O4S. The zero-order chi connectivity index (χ0) is 26.9. The summed E-state index contributed by atoms with van der Waals surface area (Å²) in [7, 11) is 0.171. The van der Waals surface area contributed by atoms with Gasteiger partial charge in [0.25, 0.3) is 0 Å². The Morgan fingerprint density at radius 3 is 2.29 bits per heavy atom. The number of piperazine rings is 1. The maximum Gasteiger partial charge on any atom is 0.318 e. The maximum absolute atomic E-state index is 13.3. The topological polar surface area (TPSA) is 91.3 Å². The van der Waals surface area contributed by atoms with Crippen molar-refractivity contribution >= 4 is 15.8 Å². The van der Waals surface area contributed by atoms with Crippen LogP contribution in [-0.2, 0) is 10.0 Å². The second-order valence-electron chi connectivity index (χ2n) is 10.9. The molecule has 0 bridgehead atoms. The van der Waals surface area contributed by atoms with Gasteiger partial charge in [-0.05, 0) is 82.1 Å². The van der Waals surface area contributed by atoms with Crippen molar-refractivity contribution in [2.45, 2.75) is 37.7 Å². The van der Waals surface area contributed by atoms with E-state index < -0.39 is 10.0 Å². The summed E-state index contributed by atoms with van der Waals surface area (Å²) in [5.41, 5.74) is 1.35. The van der Waals surface area contributed by atoms with Crippen LogP contribution in [-0.4, -0.2) is 112 Å². The fourth-order valence-electron chi connectivity index (χ4n) is 5.72. The summed E-state index contributed by atoms with van der Waals surface area (Å²) in [5.74, 6) is 2.32. The summed E-state index contributed by atoms with van der Waals surface area (Å²) in [6.07, 6.45) is 4.04. The molecule has 11 heteroatoms. The first-order valence-corrected chi connectivity index (χ1v) is 15.0. The first-order chi connectivity index (χ1) is 18.2. The maximum atomic E-state index is 13.3. The number of hydrogen-bond acceptors (Lipinski definition) is 9. The SMILES string of the molecule is COc1cc(C)c(S(=O)(=O)N2CC(Oc3nccc(N4CCN(CC5CCN(C)CC5)CC4)n3)C2)c(C)c1. The van der Waals surface area contributed by atoms with Crippen LogP contribution in [0.5, 0.6) is 11.8 Å². The molecule has 4 heterocycles. The van der Waals surface area contributed by atoms with Gasteiger partial charge in [-0.15, -0.1) is 0 Å². The lowest BCUT2D eigenvalue weighted by atomic mass is 9.96. The summed E-state index contributed by atoms with van der Waals surface area (Å²) in [4.78, 5) is 16.6. The minimum atomic E-state index is -3.62. The molecule has 10 nitrogen and oxygen atoms in total. The molecule has 3 aliphatic heterocycles. The second kappa shape index (κ2) is 11.3. The molecule has 0 saturated carbocycles. The largest absolute Gasteiger partial charge is 0.497 e. The van der Waals surface area contributed by atoms with Gasteiger partial charge in [-0.1, -0.05) is 0 Å². The lowest BCUT2D eigenvalue weighted by molar-refractivity contribution is 0.0675. The molecule has 0 atom stereocenters. The van der Waals surface area contributed by atoms with Crippen molar-refractivity contribution in [2.75, 3.05) is 78.0 Å². The van der Waals surface area contributed by atoms with Crippen LogP contribution in [0.4, 0.5) is 5.82 Å². The van der Waals surface area contributed by atoms with E-state index in [1.807, 2.05) is 6.07 Å². The highest BCUT2D eigenvalue weighted by atomic mass is 32.2. The molecule has 0 spiro atoms. The Morgan fingerprint density at radius 2 is 1.66 bits per heavy atom. The highest BCUT2D eigenvalue weighted by molar-refractivity contribution is 7.89. The minimum absolute atomic E-state index is 0.273. The normalized spacial score (nSPS) is 20.9. The van der Waals surface area contributed by atoms with Crippen molar-refractivity contribution in [1.29, 1.82) is 0 Å². The van der Waals surface area contributed by atoms with Gasteiger partial charge in [-0.3, -0.25) is 4.90 Å². The van der Waals surface area contributed by atoms with Crippen LogP contribution in [0.3, 0.4) is 0 Å². The molecule has 1 aromatic heterocycles. The molecule has 208 valence electrons. The van der Waals surface area contributed by atoms with Gasteiger partial charge < -0.3 is 19.3 Å². The van der Waals surface area contributed by atoms with Crippen LogP contribution in [0, 0.1) is 19.8 Å². The average molecular weight is 545 g/mol. The third-order valence-corrected chi connectivity index (χ3v) is 10.2. The average Bonchev–Trinajstić information content (AvgIpc) is 2.87. The standard InChI is InChI=1S/C27H40N6O4S/c1-20-15-23(36-4)16-21(2)26(20)38(34,35)33-18-24(19-33)37-27-28-8-5-25(29-27)32-13-11-31(12-14-32)17-22-6-9-30(3)10-7-22/h5,8,15-16,22,24H,6-7,9-14,17-19H2,1-4H3. The lowest BCUT2D eigenvalue weighted by Gasteiger charge is -2.39. The Kier molecular flexibility index (Phi) is 8.08. The van der Waals surface area contributed by atoms with Gasteiger partial charge in [-0.2, -0.15) is 9.29 Å². The van der Waals surface area contributed by atoms with Gasteiger partial charge in [0, 0.05) is 38.9 Å². The van der Waals surface area contributed by atoms with Crippen LogP contribution in [0.25, 0.3) is 0 Å². The van der Waals surface area contributed by atoms with Crippen LogP contribution < -0.4 is 14.4 Å². The number of sulfonamides is 1. The fraction of sp³-hybridized carbons (Fsp3) is 0.630. The molecule has 0 unspecified atom stereocenters. The number of aromatic nitrogens is 2. The molecule has 3 fully saturated rings. The van der Waals surface area contributed by atoms with E-state index in [1.54, 1.807) is 39.3 Å². The molecule has 3 aliphatic rings. The number of aryl methyl sites for hydroxylation is 2. The number of anilines is 1. The number of hydrogen-bond donors (Lipinski definition) is 0. The van der Waals surface area contributed by atoms with Crippen molar-refractivity contribution in [1.82, 2.24) is 24.1 Å². The third kappa shape index (κ3) is 5.90. The fourth-order valence-corrected chi connectivity index (χ4v) is 7.63. The van der Waals surface area contributed by atoms with E-state index in [-0.39, 0.29) is 19.2 Å². The van der Waals surface area contributed by atoms with Crippen LogP contribution in [0.2, 0.25) is 0 Å². The molecule has 0 N–H and O–H groups in total. The van der Waals surface area contributed by atoms with E-state index in [9.17, 15) is 8.42 Å². The Labute approximate surface area is 226 Å². The third-order valence-electron chi connectivity index (χ3n) is 8.02. The Bertz CT molecular complexity index is 1200. The number of rotatable bonds is 8. The number of piperidine rings is 1. The Morgan fingerprint density at radius 1 is 1.00 bits per heavy atom. The first kappa shape index (κ1) is 27.1. The number of nitrogens with zero attached hydrogens (tertiary/aromatic N) is 6. The van der Waals surface area contributed by atoms with Crippen LogP contribution >= 0.6 is 0 Å². The smallest absolute Gasteiger partial charge is 0.318 e. The lowest BCUT2D eigenvalue weighted by Crippen LogP contribution is -2.56. The summed E-state index contributed by atoms with van der Waals surface area (Å²) < 4.78 is 39.2. The molecule has 2 aromatic rings. The van der Waals surface area contributed by atoms with Crippen molar-refractivity contribution in [3.8, 4) is 11.8 Å². The summed E-state index contributed by atoms with van der Waals surface area (Å²) >= 11 is 0. The van der Waals surface area contributed by atoms with E-state index >= 15 is 0 Å². The summed E-state index contributed by atoms with van der Waals surface area (Å²) in [5, 5.41) is 0. The predicted molar refractivity (Wildman–Crippen MR) is 147 cm³/mol. The number of ether oxygens (including phenoxy) is 2. The highest BCUT2D eigenvalue weighted by Gasteiger charge is 2.40. The van der Waals surface area contributed by atoms with Gasteiger partial charge in [0.1, 0.15) is 17.7 Å². The number of benzene rings is 1. The van der Waals surface area contributed by atoms with E-state index in [0.29, 0.717) is 27.8 Å². The monoisotopic (exact) mass is 544 g/mol. The zero-order valence-corrected chi connectivity index (χ0v) is 23.8. The molecule has 5 rings (SSSR count). The van der Waals surface area contributed by atoms with Crippen LogP contribution in [0.1, 0.15) is 24.0 Å². The molecule has 1 aromatic carbocycles. The molecule has 0 amide bonds. The van der Waals surface area contributed by atoms with E-state index in [1.165, 1.54) is 36.8 Å². The Hall–Kier alpha value is -2.47. The second-order valence-corrected chi connectivity index (χ2v) is 12.8. The van der Waals surface area contributed by atoms with Crippen molar-refractivity contribution in [3.05, 3.63) is 35.5 Å².